The zero-order valence-corrected chi connectivity index (χ0v) is 15.2. The quantitative estimate of drug-likeness (QED) is 0.657. The SMILES string of the molecule is CCc1cccc2c1OC1(O)c3ccccc3C(=O)C21NC(=O)c1ccc[nH]1. The van der Waals surface area contributed by atoms with Gasteiger partial charge in [0.2, 0.25) is 11.3 Å². The molecule has 2 aromatic carbocycles. The molecule has 1 aliphatic heterocycles. The second kappa shape index (κ2) is 5.56. The van der Waals surface area contributed by atoms with Crippen LogP contribution in [0.3, 0.4) is 0 Å². The average Bonchev–Trinajstić information content (AvgIpc) is 3.37. The molecule has 1 aliphatic carbocycles. The Morgan fingerprint density at radius 1 is 1.11 bits per heavy atom. The van der Waals surface area contributed by atoms with Gasteiger partial charge in [-0.05, 0) is 24.1 Å². The lowest BCUT2D eigenvalue weighted by Crippen LogP contribution is -2.60. The van der Waals surface area contributed by atoms with Crippen LogP contribution < -0.4 is 10.1 Å². The maximum absolute atomic E-state index is 13.6. The molecule has 1 aromatic heterocycles. The first-order valence-corrected chi connectivity index (χ1v) is 9.17. The number of rotatable bonds is 3. The summed E-state index contributed by atoms with van der Waals surface area (Å²) in [6.45, 7) is 1.97. The molecule has 2 aliphatic rings. The summed E-state index contributed by atoms with van der Waals surface area (Å²) in [5, 5.41) is 14.5. The van der Waals surface area contributed by atoms with Crippen LogP contribution in [0.15, 0.2) is 60.8 Å². The minimum atomic E-state index is -2.02. The van der Waals surface area contributed by atoms with Crippen molar-refractivity contribution in [1.82, 2.24) is 10.3 Å². The highest BCUT2D eigenvalue weighted by atomic mass is 16.6. The Morgan fingerprint density at radius 3 is 2.64 bits per heavy atom. The largest absolute Gasteiger partial charge is 0.454 e. The maximum Gasteiger partial charge on any atom is 0.271 e. The minimum absolute atomic E-state index is 0.292. The molecule has 0 bridgehead atoms. The van der Waals surface area contributed by atoms with Crippen molar-refractivity contribution in [3.05, 3.63) is 88.7 Å². The van der Waals surface area contributed by atoms with E-state index < -0.39 is 23.0 Å². The number of aryl methyl sites for hydroxylation is 1. The summed E-state index contributed by atoms with van der Waals surface area (Å²) in [5.41, 5.74) is 0.559. The molecular weight excluding hydrogens is 356 g/mol. The Balaban J connectivity index is 1.77. The molecule has 2 unspecified atom stereocenters. The van der Waals surface area contributed by atoms with Crippen molar-refractivity contribution in [1.29, 1.82) is 0 Å². The number of para-hydroxylation sites is 1. The number of aliphatic hydroxyl groups is 1. The van der Waals surface area contributed by atoms with Gasteiger partial charge in [-0.3, -0.25) is 9.59 Å². The molecule has 140 valence electrons. The summed E-state index contributed by atoms with van der Waals surface area (Å²) in [4.78, 5) is 29.4. The Kier molecular flexibility index (Phi) is 3.33. The third kappa shape index (κ3) is 1.85. The van der Waals surface area contributed by atoms with E-state index >= 15 is 0 Å². The highest BCUT2D eigenvalue weighted by Crippen LogP contribution is 2.58. The highest BCUT2D eigenvalue weighted by molar-refractivity contribution is 6.13. The number of aromatic amines is 1. The molecule has 1 amide bonds. The van der Waals surface area contributed by atoms with Crippen molar-refractivity contribution >= 4 is 11.7 Å². The summed E-state index contributed by atoms with van der Waals surface area (Å²) in [6.07, 6.45) is 2.29. The normalized spacial score (nSPS) is 24.3. The summed E-state index contributed by atoms with van der Waals surface area (Å²) in [5.74, 6) is -2.46. The van der Waals surface area contributed by atoms with Crippen LogP contribution in [0.5, 0.6) is 5.75 Å². The highest BCUT2D eigenvalue weighted by Gasteiger charge is 2.71. The van der Waals surface area contributed by atoms with Gasteiger partial charge in [0.15, 0.2) is 0 Å². The number of amides is 1. The van der Waals surface area contributed by atoms with Crippen molar-refractivity contribution in [2.75, 3.05) is 0 Å². The lowest BCUT2D eigenvalue weighted by Gasteiger charge is -2.34. The number of hydrogen-bond acceptors (Lipinski definition) is 4. The maximum atomic E-state index is 13.6. The number of Topliss-reactive ketones (excluding diaryl/α,β-unsaturated/α-hetero) is 1. The number of aromatic nitrogens is 1. The Morgan fingerprint density at radius 2 is 1.89 bits per heavy atom. The summed E-state index contributed by atoms with van der Waals surface area (Å²) >= 11 is 0. The smallest absolute Gasteiger partial charge is 0.271 e. The Bertz CT molecular complexity index is 1120. The van der Waals surface area contributed by atoms with E-state index in [1.165, 1.54) is 0 Å². The van der Waals surface area contributed by atoms with Crippen LogP contribution in [0.25, 0.3) is 0 Å². The number of H-pyrrole nitrogens is 1. The first kappa shape index (κ1) is 16.8. The second-order valence-corrected chi connectivity index (χ2v) is 7.06. The number of fused-ring (bicyclic) bond motifs is 5. The number of carbonyl (C=O) groups excluding carboxylic acids is 2. The van der Waals surface area contributed by atoms with Gasteiger partial charge in [-0.25, -0.2) is 0 Å². The van der Waals surface area contributed by atoms with Gasteiger partial charge in [0.25, 0.3) is 11.7 Å². The molecule has 2 atom stereocenters. The monoisotopic (exact) mass is 374 g/mol. The van der Waals surface area contributed by atoms with E-state index in [1.54, 1.807) is 48.7 Å². The van der Waals surface area contributed by atoms with Crippen molar-refractivity contribution < 1.29 is 19.4 Å². The van der Waals surface area contributed by atoms with Crippen molar-refractivity contribution in [2.45, 2.75) is 24.7 Å². The van der Waals surface area contributed by atoms with E-state index in [2.05, 4.69) is 10.3 Å². The molecule has 28 heavy (non-hydrogen) atoms. The number of nitrogens with one attached hydrogen (secondary N) is 2. The first-order chi connectivity index (χ1) is 13.5. The van der Waals surface area contributed by atoms with Crippen LogP contribution >= 0.6 is 0 Å². The lowest BCUT2D eigenvalue weighted by atomic mass is 9.82. The predicted molar refractivity (Wildman–Crippen MR) is 101 cm³/mol. The first-order valence-electron chi connectivity index (χ1n) is 9.17. The number of ether oxygens (including phenoxy) is 1. The fraction of sp³-hybridized carbons (Fsp3) is 0.182. The van der Waals surface area contributed by atoms with E-state index in [0.717, 1.165) is 5.56 Å². The summed E-state index contributed by atoms with van der Waals surface area (Å²) in [6, 6.07) is 15.5. The molecule has 0 saturated heterocycles. The van der Waals surface area contributed by atoms with Crippen molar-refractivity contribution in [3.8, 4) is 5.75 Å². The van der Waals surface area contributed by atoms with Gasteiger partial charge in [0.05, 0.1) is 0 Å². The van der Waals surface area contributed by atoms with Gasteiger partial charge >= 0.3 is 0 Å². The van der Waals surface area contributed by atoms with Gasteiger partial charge in [-0.15, -0.1) is 0 Å². The molecule has 3 N–H and O–H groups in total. The van der Waals surface area contributed by atoms with Crippen LogP contribution in [-0.4, -0.2) is 21.8 Å². The number of ketones is 1. The van der Waals surface area contributed by atoms with Crippen LogP contribution in [0.1, 0.15) is 44.5 Å². The topological polar surface area (TPSA) is 91.4 Å². The fourth-order valence-electron chi connectivity index (χ4n) is 4.32. The minimum Gasteiger partial charge on any atom is -0.454 e. The number of carbonyl (C=O) groups is 2. The van der Waals surface area contributed by atoms with Gasteiger partial charge < -0.3 is 20.1 Å². The second-order valence-electron chi connectivity index (χ2n) is 7.06. The fourth-order valence-corrected chi connectivity index (χ4v) is 4.32. The Hall–Kier alpha value is -3.38. The van der Waals surface area contributed by atoms with Gasteiger partial charge in [0.1, 0.15) is 11.4 Å². The van der Waals surface area contributed by atoms with E-state index in [9.17, 15) is 14.7 Å². The molecule has 5 rings (SSSR count). The zero-order chi connectivity index (χ0) is 19.5. The molecular formula is C22H18N2O4. The van der Waals surface area contributed by atoms with E-state index in [4.69, 9.17) is 4.74 Å². The predicted octanol–water partition coefficient (Wildman–Crippen LogP) is 2.64. The number of hydrogen-bond donors (Lipinski definition) is 3. The molecule has 3 aromatic rings. The van der Waals surface area contributed by atoms with Crippen LogP contribution in [0, 0.1) is 0 Å². The summed E-state index contributed by atoms with van der Waals surface area (Å²) < 4.78 is 6.07. The molecule has 2 heterocycles. The van der Waals surface area contributed by atoms with E-state index in [0.29, 0.717) is 34.6 Å². The van der Waals surface area contributed by atoms with Gasteiger partial charge in [0, 0.05) is 22.9 Å². The van der Waals surface area contributed by atoms with Gasteiger partial charge in [-0.2, -0.15) is 0 Å². The third-order valence-electron chi connectivity index (χ3n) is 5.66. The summed E-state index contributed by atoms with van der Waals surface area (Å²) in [7, 11) is 0. The van der Waals surface area contributed by atoms with E-state index in [-0.39, 0.29) is 0 Å². The third-order valence-corrected chi connectivity index (χ3v) is 5.66. The zero-order valence-electron chi connectivity index (χ0n) is 15.2. The van der Waals surface area contributed by atoms with E-state index in [1.807, 2.05) is 19.1 Å². The van der Waals surface area contributed by atoms with Crippen LogP contribution in [-0.2, 0) is 17.7 Å². The van der Waals surface area contributed by atoms with Crippen LogP contribution in [0.2, 0.25) is 0 Å². The average molecular weight is 374 g/mol. The number of benzene rings is 2. The molecule has 0 fully saturated rings. The molecule has 6 nitrogen and oxygen atoms in total. The van der Waals surface area contributed by atoms with Crippen LogP contribution in [0.4, 0.5) is 0 Å². The molecule has 0 saturated carbocycles. The van der Waals surface area contributed by atoms with Gasteiger partial charge in [-0.1, -0.05) is 49.4 Å². The molecule has 6 heteroatoms. The lowest BCUT2D eigenvalue weighted by molar-refractivity contribution is -0.169. The molecule has 0 spiro atoms. The standard InChI is InChI=1S/C22H18N2O4/c1-2-13-7-5-10-16-18(13)28-22(27)15-9-4-3-8-14(15)19(25)21(16,22)24-20(26)17-11-6-12-23-17/h3-12,23,27H,2H2,1H3,(H,24,26). The van der Waals surface area contributed by atoms with Crippen molar-refractivity contribution in [3.63, 3.8) is 0 Å². The molecule has 0 radical (unpaired) electrons. The Labute approximate surface area is 161 Å². The van der Waals surface area contributed by atoms with Crippen molar-refractivity contribution in [2.24, 2.45) is 0 Å².